The molecule has 1 aliphatic heterocycles. The fraction of sp³-hybridized carbons (Fsp3) is 0. The second kappa shape index (κ2) is 8.33. The number of carbonyl (C=O) groups excluding carboxylic acids is 2. The van der Waals surface area contributed by atoms with Crippen molar-refractivity contribution in [3.05, 3.63) is 95.6 Å². The summed E-state index contributed by atoms with van der Waals surface area (Å²) >= 11 is 5.16. The van der Waals surface area contributed by atoms with Crippen LogP contribution in [0.3, 0.4) is 0 Å². The normalized spacial score (nSPS) is 15.2. The van der Waals surface area contributed by atoms with Crippen molar-refractivity contribution in [1.82, 2.24) is 5.32 Å². The van der Waals surface area contributed by atoms with Crippen molar-refractivity contribution in [2.75, 3.05) is 4.90 Å². The number of anilines is 1. The SMILES string of the molecule is O=C1NC(=S)N(c2cccc(C(=O)O)c2)C(=O)C1=Cc1ccc(-c2ccccc2)cc1. The van der Waals surface area contributed by atoms with Crippen LogP contribution in [0.1, 0.15) is 15.9 Å². The second-order valence-electron chi connectivity index (χ2n) is 6.80. The number of carboxylic acid groups (broad SMARTS) is 1. The van der Waals surface area contributed by atoms with Gasteiger partial charge in [0, 0.05) is 0 Å². The number of amides is 2. The van der Waals surface area contributed by atoms with Crippen LogP contribution >= 0.6 is 12.2 Å². The van der Waals surface area contributed by atoms with E-state index in [1.54, 1.807) is 6.07 Å². The molecule has 3 aromatic rings. The highest BCUT2D eigenvalue weighted by molar-refractivity contribution is 7.80. The average molecular weight is 428 g/mol. The Morgan fingerprint density at radius 2 is 1.58 bits per heavy atom. The molecule has 4 rings (SSSR count). The molecule has 1 fully saturated rings. The van der Waals surface area contributed by atoms with Crippen LogP contribution in [0.2, 0.25) is 0 Å². The van der Waals surface area contributed by atoms with Crippen LogP contribution in [0, 0.1) is 0 Å². The molecule has 0 atom stereocenters. The summed E-state index contributed by atoms with van der Waals surface area (Å²) in [6.45, 7) is 0. The molecule has 31 heavy (non-hydrogen) atoms. The third-order valence-electron chi connectivity index (χ3n) is 4.78. The molecule has 1 saturated heterocycles. The molecule has 6 nitrogen and oxygen atoms in total. The first-order valence-corrected chi connectivity index (χ1v) is 9.75. The molecule has 152 valence electrons. The van der Waals surface area contributed by atoms with E-state index in [4.69, 9.17) is 12.2 Å². The maximum Gasteiger partial charge on any atom is 0.335 e. The number of carboxylic acids is 1. The minimum Gasteiger partial charge on any atom is -0.478 e. The molecule has 0 bridgehead atoms. The van der Waals surface area contributed by atoms with Gasteiger partial charge in [-0.05, 0) is 53.2 Å². The predicted octanol–water partition coefficient (Wildman–Crippen LogP) is 3.88. The van der Waals surface area contributed by atoms with E-state index in [2.05, 4.69) is 5.32 Å². The smallest absolute Gasteiger partial charge is 0.335 e. The van der Waals surface area contributed by atoms with E-state index in [9.17, 15) is 19.5 Å². The van der Waals surface area contributed by atoms with Crippen LogP contribution in [-0.2, 0) is 9.59 Å². The van der Waals surface area contributed by atoms with Crippen molar-refractivity contribution < 1.29 is 19.5 Å². The van der Waals surface area contributed by atoms with E-state index in [0.717, 1.165) is 16.0 Å². The molecule has 0 spiro atoms. The topological polar surface area (TPSA) is 86.7 Å². The Morgan fingerprint density at radius 3 is 2.26 bits per heavy atom. The summed E-state index contributed by atoms with van der Waals surface area (Å²) < 4.78 is 0. The van der Waals surface area contributed by atoms with Gasteiger partial charge in [-0.25, -0.2) is 4.79 Å². The van der Waals surface area contributed by atoms with Crippen molar-refractivity contribution in [1.29, 1.82) is 0 Å². The highest BCUT2D eigenvalue weighted by Crippen LogP contribution is 2.24. The van der Waals surface area contributed by atoms with Crippen LogP contribution in [0.15, 0.2) is 84.4 Å². The zero-order valence-corrected chi connectivity index (χ0v) is 16.9. The Bertz CT molecular complexity index is 1230. The van der Waals surface area contributed by atoms with Crippen molar-refractivity contribution in [3.63, 3.8) is 0 Å². The molecule has 0 aliphatic carbocycles. The number of rotatable bonds is 4. The number of nitrogens with zero attached hydrogens (tertiary/aromatic N) is 1. The van der Waals surface area contributed by atoms with Crippen molar-refractivity contribution in [3.8, 4) is 11.1 Å². The lowest BCUT2D eigenvalue weighted by molar-refractivity contribution is -0.122. The highest BCUT2D eigenvalue weighted by atomic mass is 32.1. The van der Waals surface area contributed by atoms with E-state index >= 15 is 0 Å². The number of nitrogens with one attached hydrogen (secondary N) is 1. The van der Waals surface area contributed by atoms with E-state index in [1.165, 1.54) is 24.3 Å². The lowest BCUT2D eigenvalue weighted by Gasteiger charge is -2.29. The van der Waals surface area contributed by atoms with Crippen molar-refractivity contribution in [2.24, 2.45) is 0 Å². The fourth-order valence-electron chi connectivity index (χ4n) is 3.24. The molecule has 0 unspecified atom stereocenters. The minimum atomic E-state index is -1.13. The third kappa shape index (κ3) is 4.12. The Balaban J connectivity index is 1.66. The summed E-state index contributed by atoms with van der Waals surface area (Å²) in [6.07, 6.45) is 1.49. The molecule has 0 aromatic heterocycles. The van der Waals surface area contributed by atoms with Gasteiger partial charge in [-0.15, -0.1) is 0 Å². The first-order valence-electron chi connectivity index (χ1n) is 9.34. The standard InChI is InChI=1S/C24H16N2O4S/c27-21-20(13-15-9-11-17(12-10-15)16-5-2-1-3-6-16)22(28)26(24(31)25-21)19-8-4-7-18(14-19)23(29)30/h1-14H,(H,29,30)(H,25,27,31). The summed E-state index contributed by atoms with van der Waals surface area (Å²) in [5, 5.41) is 11.6. The maximum absolute atomic E-state index is 13.1. The molecule has 3 aromatic carbocycles. The molecule has 2 amide bonds. The molecule has 2 N–H and O–H groups in total. The Kier molecular flexibility index (Phi) is 5.43. The number of aromatic carboxylic acids is 1. The summed E-state index contributed by atoms with van der Waals surface area (Å²) in [7, 11) is 0. The predicted molar refractivity (Wildman–Crippen MR) is 121 cm³/mol. The van der Waals surface area contributed by atoms with Crippen LogP contribution < -0.4 is 10.2 Å². The van der Waals surface area contributed by atoms with Crippen molar-refractivity contribution >= 4 is 46.9 Å². The molecule has 1 heterocycles. The zero-order chi connectivity index (χ0) is 22.0. The molecule has 1 aliphatic rings. The lowest BCUT2D eigenvalue weighted by atomic mass is 10.0. The number of hydrogen-bond donors (Lipinski definition) is 2. The second-order valence-corrected chi connectivity index (χ2v) is 7.19. The van der Waals surface area contributed by atoms with E-state index < -0.39 is 17.8 Å². The number of hydrogen-bond acceptors (Lipinski definition) is 4. The van der Waals surface area contributed by atoms with Crippen LogP contribution in [-0.4, -0.2) is 28.0 Å². The molecular weight excluding hydrogens is 412 g/mol. The zero-order valence-electron chi connectivity index (χ0n) is 16.1. The van der Waals surface area contributed by atoms with Crippen molar-refractivity contribution in [2.45, 2.75) is 0 Å². The Morgan fingerprint density at radius 1 is 0.903 bits per heavy atom. The Labute approximate surface area is 183 Å². The van der Waals surface area contributed by atoms with Gasteiger partial charge in [-0.2, -0.15) is 0 Å². The lowest BCUT2D eigenvalue weighted by Crippen LogP contribution is -2.54. The number of benzene rings is 3. The summed E-state index contributed by atoms with van der Waals surface area (Å²) in [5.74, 6) is -2.35. The number of thiocarbonyl (C=S) groups is 1. The van der Waals surface area contributed by atoms with Crippen LogP contribution in [0.4, 0.5) is 5.69 Å². The van der Waals surface area contributed by atoms with Gasteiger partial charge in [0.05, 0.1) is 11.3 Å². The fourth-order valence-corrected chi connectivity index (χ4v) is 3.52. The van der Waals surface area contributed by atoms with E-state index in [-0.39, 0.29) is 21.9 Å². The molecular formula is C24H16N2O4S. The summed E-state index contributed by atoms with van der Waals surface area (Å²) in [4.78, 5) is 37.9. The molecule has 7 heteroatoms. The largest absolute Gasteiger partial charge is 0.478 e. The van der Waals surface area contributed by atoms with Gasteiger partial charge in [0.15, 0.2) is 5.11 Å². The summed E-state index contributed by atoms with van der Waals surface area (Å²) in [5.41, 5.74) is 2.91. The Hall–Kier alpha value is -4.10. The molecule has 0 radical (unpaired) electrons. The minimum absolute atomic E-state index is 0.00651. The van der Waals surface area contributed by atoms with Gasteiger partial charge in [0.2, 0.25) is 0 Å². The monoisotopic (exact) mass is 428 g/mol. The molecule has 0 saturated carbocycles. The van der Waals surface area contributed by atoms with Gasteiger partial charge in [0.1, 0.15) is 5.57 Å². The van der Waals surface area contributed by atoms with E-state index in [0.29, 0.717) is 5.56 Å². The van der Waals surface area contributed by atoms with Gasteiger partial charge >= 0.3 is 5.97 Å². The van der Waals surface area contributed by atoms with E-state index in [1.807, 2.05) is 54.6 Å². The summed E-state index contributed by atoms with van der Waals surface area (Å²) in [6, 6.07) is 23.1. The van der Waals surface area contributed by atoms with Gasteiger partial charge in [-0.1, -0.05) is 60.7 Å². The number of carbonyl (C=O) groups is 3. The highest BCUT2D eigenvalue weighted by Gasteiger charge is 2.34. The van der Waals surface area contributed by atoms with Crippen LogP contribution in [0.25, 0.3) is 17.2 Å². The third-order valence-corrected chi connectivity index (χ3v) is 5.07. The average Bonchev–Trinajstić information content (AvgIpc) is 2.78. The van der Waals surface area contributed by atoms with Gasteiger partial charge < -0.3 is 5.11 Å². The quantitative estimate of drug-likeness (QED) is 0.374. The first kappa shape index (κ1) is 20.2. The maximum atomic E-state index is 13.1. The van der Waals surface area contributed by atoms with Gasteiger partial charge in [0.25, 0.3) is 11.8 Å². The van der Waals surface area contributed by atoms with Gasteiger partial charge in [-0.3, -0.25) is 19.8 Å². The first-order chi connectivity index (χ1) is 14.9. The van der Waals surface area contributed by atoms with Crippen LogP contribution in [0.5, 0.6) is 0 Å².